The monoisotopic (exact) mass is 256 g/mol. The molecule has 1 aliphatic rings. The van der Waals surface area contributed by atoms with E-state index in [0.29, 0.717) is 17.5 Å². The Bertz CT molecular complexity index is 378. The van der Waals surface area contributed by atoms with Gasteiger partial charge in [-0.3, -0.25) is 4.79 Å². The van der Waals surface area contributed by atoms with E-state index in [1.165, 1.54) is 0 Å². The summed E-state index contributed by atoms with van der Waals surface area (Å²) in [7, 11) is 1.93. The fraction of sp³-hybridized carbons (Fsp3) is 0.636. The van der Waals surface area contributed by atoms with Crippen molar-refractivity contribution < 1.29 is 4.79 Å². The number of aryl methyl sites for hydroxylation is 1. The first-order chi connectivity index (χ1) is 7.68. The molecule has 16 heavy (non-hydrogen) atoms. The van der Waals surface area contributed by atoms with Crippen LogP contribution in [-0.4, -0.2) is 37.3 Å². The van der Waals surface area contributed by atoms with Gasteiger partial charge in [0.15, 0.2) is 5.78 Å². The van der Waals surface area contributed by atoms with Crippen molar-refractivity contribution in [3.05, 3.63) is 18.2 Å². The van der Waals surface area contributed by atoms with Crippen molar-refractivity contribution in [2.75, 3.05) is 11.5 Å². The number of ketones is 1. The zero-order valence-corrected chi connectivity index (χ0v) is 11.2. The van der Waals surface area contributed by atoms with Crippen LogP contribution in [0.3, 0.4) is 0 Å². The number of hydrogen-bond acceptors (Lipinski definition) is 4. The lowest BCUT2D eigenvalue weighted by Crippen LogP contribution is -2.32. The molecule has 0 aromatic carbocycles. The molecule has 0 radical (unpaired) electrons. The first-order valence-electron chi connectivity index (χ1n) is 5.40. The molecule has 88 valence electrons. The van der Waals surface area contributed by atoms with Gasteiger partial charge in [0, 0.05) is 36.2 Å². The maximum Gasteiger partial charge on any atom is 0.154 e. The van der Waals surface area contributed by atoms with Crippen LogP contribution in [0.15, 0.2) is 12.4 Å². The van der Waals surface area contributed by atoms with E-state index in [0.717, 1.165) is 17.3 Å². The first-order valence-corrected chi connectivity index (χ1v) is 7.50. The Balaban J connectivity index is 2.00. The molecule has 2 rings (SSSR count). The largest absolute Gasteiger partial charge is 0.338 e. The van der Waals surface area contributed by atoms with Gasteiger partial charge in [-0.1, -0.05) is 6.92 Å². The molecule has 1 aromatic heterocycles. The van der Waals surface area contributed by atoms with Crippen LogP contribution in [0.25, 0.3) is 0 Å². The van der Waals surface area contributed by atoms with Gasteiger partial charge in [-0.05, 0) is 0 Å². The second-order valence-corrected chi connectivity index (χ2v) is 6.70. The zero-order chi connectivity index (χ0) is 11.5. The first kappa shape index (κ1) is 12.0. The molecule has 1 aromatic rings. The third kappa shape index (κ3) is 2.63. The van der Waals surface area contributed by atoms with Crippen molar-refractivity contribution in [1.82, 2.24) is 9.55 Å². The number of thioether (sulfide) groups is 2. The van der Waals surface area contributed by atoms with Gasteiger partial charge in [0.25, 0.3) is 0 Å². The van der Waals surface area contributed by atoms with Gasteiger partial charge in [0.1, 0.15) is 5.82 Å². The summed E-state index contributed by atoms with van der Waals surface area (Å²) in [6.07, 6.45) is 4.09. The fourth-order valence-electron chi connectivity index (χ4n) is 1.81. The van der Waals surface area contributed by atoms with Crippen LogP contribution in [-0.2, 0) is 18.3 Å². The average Bonchev–Trinajstić information content (AvgIpc) is 2.65. The van der Waals surface area contributed by atoms with Crippen LogP contribution in [0.5, 0.6) is 0 Å². The quantitative estimate of drug-likeness (QED) is 0.825. The Hall–Kier alpha value is -0.420. The molecular weight excluding hydrogens is 240 g/mol. The summed E-state index contributed by atoms with van der Waals surface area (Å²) in [5, 5.41) is 0.585. The Labute approximate surface area is 104 Å². The molecule has 1 aliphatic heterocycles. The van der Waals surface area contributed by atoms with Crippen molar-refractivity contribution in [2.24, 2.45) is 7.05 Å². The minimum absolute atomic E-state index is 0.149. The van der Waals surface area contributed by atoms with E-state index in [1.54, 1.807) is 18.0 Å². The number of rotatable bonds is 3. The SMILES string of the molecule is CC1SCCSC1C(=O)Cc1nccn1C. The van der Waals surface area contributed by atoms with Gasteiger partial charge in [0.2, 0.25) is 0 Å². The number of Topliss-reactive ketones (excluding diaryl/α,β-unsaturated/α-hetero) is 1. The number of imidazole rings is 1. The van der Waals surface area contributed by atoms with Gasteiger partial charge in [-0.25, -0.2) is 4.98 Å². The Morgan fingerprint density at radius 3 is 2.94 bits per heavy atom. The molecule has 5 heteroatoms. The second-order valence-electron chi connectivity index (χ2n) is 3.96. The van der Waals surface area contributed by atoms with Crippen LogP contribution in [0.2, 0.25) is 0 Å². The third-order valence-electron chi connectivity index (χ3n) is 2.76. The van der Waals surface area contributed by atoms with Crippen molar-refractivity contribution in [3.8, 4) is 0 Å². The third-order valence-corrected chi connectivity index (χ3v) is 5.90. The van der Waals surface area contributed by atoms with E-state index in [1.807, 2.05) is 29.6 Å². The minimum atomic E-state index is 0.149. The predicted molar refractivity (Wildman–Crippen MR) is 70.1 cm³/mol. The zero-order valence-electron chi connectivity index (χ0n) is 9.55. The van der Waals surface area contributed by atoms with E-state index in [2.05, 4.69) is 11.9 Å². The minimum Gasteiger partial charge on any atom is -0.338 e. The van der Waals surface area contributed by atoms with Crippen LogP contribution >= 0.6 is 23.5 Å². The number of carbonyl (C=O) groups excluding carboxylic acids is 1. The highest BCUT2D eigenvalue weighted by molar-refractivity contribution is 8.07. The molecular formula is C11H16N2OS2. The molecule has 0 N–H and O–H groups in total. The second kappa shape index (κ2) is 5.27. The smallest absolute Gasteiger partial charge is 0.154 e. The molecule has 2 unspecified atom stereocenters. The van der Waals surface area contributed by atoms with Crippen molar-refractivity contribution in [1.29, 1.82) is 0 Å². The van der Waals surface area contributed by atoms with E-state index in [9.17, 15) is 4.79 Å². The molecule has 3 nitrogen and oxygen atoms in total. The van der Waals surface area contributed by atoms with E-state index >= 15 is 0 Å². The highest BCUT2D eigenvalue weighted by atomic mass is 32.2. The Kier molecular flexibility index (Phi) is 3.97. The van der Waals surface area contributed by atoms with Crippen molar-refractivity contribution in [3.63, 3.8) is 0 Å². The summed E-state index contributed by atoms with van der Waals surface area (Å²) in [5.41, 5.74) is 0. The van der Waals surface area contributed by atoms with Crippen molar-refractivity contribution >= 4 is 29.3 Å². The number of carbonyl (C=O) groups is 1. The van der Waals surface area contributed by atoms with Gasteiger partial charge < -0.3 is 4.57 Å². The van der Waals surface area contributed by atoms with Gasteiger partial charge >= 0.3 is 0 Å². The van der Waals surface area contributed by atoms with Crippen LogP contribution in [0, 0.1) is 0 Å². The van der Waals surface area contributed by atoms with Crippen LogP contribution in [0.1, 0.15) is 12.7 Å². The maximum atomic E-state index is 12.1. The lowest BCUT2D eigenvalue weighted by atomic mass is 10.1. The highest BCUT2D eigenvalue weighted by Gasteiger charge is 2.29. The van der Waals surface area contributed by atoms with Gasteiger partial charge in [-0.15, -0.1) is 11.8 Å². The topological polar surface area (TPSA) is 34.9 Å². The number of aromatic nitrogens is 2. The highest BCUT2D eigenvalue weighted by Crippen LogP contribution is 2.31. The molecule has 2 atom stereocenters. The molecule has 2 heterocycles. The molecule has 0 aliphatic carbocycles. The normalized spacial score (nSPS) is 25.6. The lowest BCUT2D eigenvalue weighted by molar-refractivity contribution is -0.118. The lowest BCUT2D eigenvalue weighted by Gasteiger charge is -2.26. The molecule has 1 fully saturated rings. The van der Waals surface area contributed by atoms with Crippen molar-refractivity contribution in [2.45, 2.75) is 23.8 Å². The van der Waals surface area contributed by atoms with E-state index < -0.39 is 0 Å². The standard InChI is InChI=1S/C11H16N2OS2/c1-8-11(16-6-5-15-8)9(14)7-10-12-3-4-13(10)2/h3-4,8,11H,5-7H2,1-2H3. The summed E-state index contributed by atoms with van der Waals surface area (Å²) in [5.74, 6) is 3.44. The number of hydrogen-bond donors (Lipinski definition) is 0. The summed E-state index contributed by atoms with van der Waals surface area (Å²) < 4.78 is 1.92. The Morgan fingerprint density at radius 1 is 1.56 bits per heavy atom. The molecule has 0 bridgehead atoms. The summed E-state index contributed by atoms with van der Waals surface area (Å²) >= 11 is 3.70. The molecule has 1 saturated heterocycles. The molecule has 0 amide bonds. The molecule has 0 saturated carbocycles. The summed E-state index contributed by atoms with van der Waals surface area (Å²) in [6.45, 7) is 2.15. The Morgan fingerprint density at radius 2 is 2.31 bits per heavy atom. The fourth-order valence-corrected chi connectivity index (χ4v) is 4.54. The average molecular weight is 256 g/mol. The number of nitrogens with zero attached hydrogens (tertiary/aromatic N) is 2. The summed E-state index contributed by atoms with van der Waals surface area (Å²) in [4.78, 5) is 16.3. The predicted octanol–water partition coefficient (Wildman–Crippen LogP) is 1.77. The van der Waals surface area contributed by atoms with E-state index in [4.69, 9.17) is 0 Å². The molecule has 0 spiro atoms. The van der Waals surface area contributed by atoms with E-state index in [-0.39, 0.29) is 5.25 Å². The summed E-state index contributed by atoms with van der Waals surface area (Å²) in [6, 6.07) is 0. The van der Waals surface area contributed by atoms with Crippen LogP contribution in [0.4, 0.5) is 0 Å². The van der Waals surface area contributed by atoms with Gasteiger partial charge in [-0.2, -0.15) is 11.8 Å². The van der Waals surface area contributed by atoms with Crippen LogP contribution < -0.4 is 0 Å². The maximum absolute atomic E-state index is 12.1. The van der Waals surface area contributed by atoms with Gasteiger partial charge in [0.05, 0.1) is 11.7 Å².